The third-order valence-electron chi connectivity index (χ3n) is 3.03. The third-order valence-corrected chi connectivity index (χ3v) is 3.20. The first-order valence-electron chi connectivity index (χ1n) is 6.53. The van der Waals surface area contributed by atoms with Crippen LogP contribution in [0, 0.1) is 0 Å². The van der Waals surface area contributed by atoms with Gasteiger partial charge < -0.3 is 10.6 Å². The first-order valence-corrected chi connectivity index (χ1v) is 6.90. The molecule has 8 heteroatoms. The minimum atomic E-state index is -0.111. The lowest BCUT2D eigenvalue weighted by atomic mass is 10.2. The Kier molecular flexibility index (Phi) is 3.64. The maximum absolute atomic E-state index is 11.0. The van der Waals surface area contributed by atoms with E-state index < -0.39 is 0 Å². The largest absolute Gasteiger partial charge is 0.339 e. The molecule has 0 saturated carbocycles. The number of carbonyl (C=O) groups is 1. The van der Waals surface area contributed by atoms with Crippen molar-refractivity contribution in [3.8, 4) is 0 Å². The monoisotopic (exact) mass is 316 g/mol. The highest BCUT2D eigenvalue weighted by Crippen LogP contribution is 2.25. The topological polar surface area (TPSA) is 84.7 Å². The molecule has 22 heavy (non-hydrogen) atoms. The Labute approximate surface area is 131 Å². The highest BCUT2D eigenvalue weighted by molar-refractivity contribution is 6.28. The Morgan fingerprint density at radius 3 is 2.55 bits per heavy atom. The number of nitrogens with zero attached hydrogens (tertiary/aromatic N) is 4. The highest BCUT2D eigenvalue weighted by Gasteiger charge is 2.10. The Balaban J connectivity index is 1.91. The normalized spacial score (nSPS) is 10.7. The van der Waals surface area contributed by atoms with Crippen LogP contribution in [-0.4, -0.2) is 25.7 Å². The molecule has 1 amide bonds. The highest BCUT2D eigenvalue weighted by atomic mass is 35.5. The van der Waals surface area contributed by atoms with Crippen LogP contribution in [0.15, 0.2) is 30.5 Å². The van der Waals surface area contributed by atoms with Crippen LogP contribution in [0.25, 0.3) is 11.0 Å². The van der Waals surface area contributed by atoms with E-state index in [2.05, 4.69) is 25.7 Å². The van der Waals surface area contributed by atoms with E-state index in [4.69, 9.17) is 11.6 Å². The number of hydrogen-bond donors (Lipinski definition) is 2. The fourth-order valence-corrected chi connectivity index (χ4v) is 2.23. The van der Waals surface area contributed by atoms with Crippen molar-refractivity contribution >= 4 is 45.7 Å². The maximum atomic E-state index is 11.0. The van der Waals surface area contributed by atoms with Crippen molar-refractivity contribution in [3.63, 3.8) is 0 Å². The average Bonchev–Trinajstić information content (AvgIpc) is 2.82. The van der Waals surface area contributed by atoms with Crippen LogP contribution in [0.3, 0.4) is 0 Å². The van der Waals surface area contributed by atoms with E-state index in [0.717, 1.165) is 16.8 Å². The standard InChI is InChI=1S/C14H13ClN6O/c1-8(22)17-9-3-5-10(6-4-9)18-12-11-7-16-21(2)13(11)20-14(15)19-12/h3-7H,1-2H3,(H,17,22)(H,18,19,20). The van der Waals surface area contributed by atoms with Gasteiger partial charge in [0.2, 0.25) is 11.2 Å². The van der Waals surface area contributed by atoms with E-state index in [-0.39, 0.29) is 11.2 Å². The summed E-state index contributed by atoms with van der Waals surface area (Å²) in [5, 5.41) is 11.0. The van der Waals surface area contributed by atoms with Gasteiger partial charge in [-0.15, -0.1) is 0 Å². The van der Waals surface area contributed by atoms with Gasteiger partial charge in [0, 0.05) is 25.3 Å². The van der Waals surface area contributed by atoms with Crippen LogP contribution in [-0.2, 0) is 11.8 Å². The summed E-state index contributed by atoms with van der Waals surface area (Å²) in [5.74, 6) is 0.468. The number of amides is 1. The number of rotatable bonds is 3. The van der Waals surface area contributed by atoms with Gasteiger partial charge >= 0.3 is 0 Å². The molecule has 0 spiro atoms. The molecule has 0 radical (unpaired) electrons. The molecule has 7 nitrogen and oxygen atoms in total. The number of anilines is 3. The molecule has 0 saturated heterocycles. The van der Waals surface area contributed by atoms with Crippen LogP contribution in [0.2, 0.25) is 5.28 Å². The molecule has 0 unspecified atom stereocenters. The molecule has 2 aromatic heterocycles. The average molecular weight is 317 g/mol. The van der Waals surface area contributed by atoms with E-state index >= 15 is 0 Å². The molecule has 2 heterocycles. The van der Waals surface area contributed by atoms with Crippen LogP contribution >= 0.6 is 11.6 Å². The van der Waals surface area contributed by atoms with Gasteiger partial charge in [0.15, 0.2) is 5.65 Å². The molecule has 0 atom stereocenters. The number of carbonyl (C=O) groups excluding carboxylic acids is 1. The van der Waals surface area contributed by atoms with Crippen LogP contribution in [0.1, 0.15) is 6.92 Å². The summed E-state index contributed by atoms with van der Waals surface area (Å²) in [6.45, 7) is 1.47. The lowest BCUT2D eigenvalue weighted by molar-refractivity contribution is -0.114. The van der Waals surface area contributed by atoms with Gasteiger partial charge in [-0.25, -0.2) is 0 Å². The minimum Gasteiger partial charge on any atom is -0.339 e. The predicted molar refractivity (Wildman–Crippen MR) is 85.3 cm³/mol. The quantitative estimate of drug-likeness (QED) is 0.726. The summed E-state index contributed by atoms with van der Waals surface area (Å²) >= 11 is 5.95. The molecular weight excluding hydrogens is 304 g/mol. The van der Waals surface area contributed by atoms with Crippen LogP contribution < -0.4 is 10.6 Å². The van der Waals surface area contributed by atoms with Gasteiger partial charge in [-0.1, -0.05) is 0 Å². The van der Waals surface area contributed by atoms with Gasteiger partial charge in [-0.3, -0.25) is 9.48 Å². The van der Waals surface area contributed by atoms with E-state index in [1.54, 1.807) is 30.1 Å². The maximum Gasteiger partial charge on any atom is 0.226 e. The zero-order valence-corrected chi connectivity index (χ0v) is 12.7. The number of aromatic nitrogens is 4. The second-order valence-electron chi connectivity index (χ2n) is 4.73. The Bertz CT molecular complexity index is 842. The van der Waals surface area contributed by atoms with Crippen molar-refractivity contribution in [2.45, 2.75) is 6.92 Å². The van der Waals surface area contributed by atoms with Crippen LogP contribution in [0.5, 0.6) is 0 Å². The lowest BCUT2D eigenvalue weighted by Crippen LogP contribution is -2.05. The molecule has 112 valence electrons. The van der Waals surface area contributed by atoms with Crippen molar-refractivity contribution in [2.75, 3.05) is 10.6 Å². The molecule has 0 fully saturated rings. The number of hydrogen-bond acceptors (Lipinski definition) is 5. The molecule has 0 aliphatic heterocycles. The SMILES string of the molecule is CC(=O)Nc1ccc(Nc2nc(Cl)nc3c2cnn3C)cc1. The number of fused-ring (bicyclic) bond motifs is 1. The van der Waals surface area contributed by atoms with Crippen molar-refractivity contribution in [3.05, 3.63) is 35.7 Å². The zero-order chi connectivity index (χ0) is 15.7. The van der Waals surface area contributed by atoms with Gasteiger partial charge in [0.25, 0.3) is 0 Å². The predicted octanol–water partition coefficient (Wildman–Crippen LogP) is 2.72. The summed E-state index contributed by atoms with van der Waals surface area (Å²) in [7, 11) is 1.79. The molecule has 1 aromatic carbocycles. The summed E-state index contributed by atoms with van der Waals surface area (Å²) in [6.07, 6.45) is 1.68. The second kappa shape index (κ2) is 5.61. The number of nitrogens with one attached hydrogen (secondary N) is 2. The first kappa shape index (κ1) is 14.3. The van der Waals surface area contributed by atoms with E-state index in [1.165, 1.54) is 6.92 Å². The fourth-order valence-electron chi connectivity index (χ4n) is 2.07. The van der Waals surface area contributed by atoms with Crippen LogP contribution in [0.4, 0.5) is 17.2 Å². The molecule has 3 rings (SSSR count). The summed E-state index contributed by atoms with van der Waals surface area (Å²) in [4.78, 5) is 19.4. The fraction of sp³-hybridized carbons (Fsp3) is 0.143. The van der Waals surface area contributed by atoms with E-state index in [1.807, 2.05) is 12.1 Å². The Morgan fingerprint density at radius 1 is 1.18 bits per heavy atom. The number of aryl methyl sites for hydroxylation is 1. The summed E-state index contributed by atoms with van der Waals surface area (Å²) in [5.41, 5.74) is 2.19. The van der Waals surface area contributed by atoms with Gasteiger partial charge in [-0.2, -0.15) is 15.1 Å². The molecule has 0 aliphatic carbocycles. The summed E-state index contributed by atoms with van der Waals surface area (Å²) < 4.78 is 1.63. The first-order chi connectivity index (χ1) is 10.5. The number of halogens is 1. The van der Waals surface area contributed by atoms with Gasteiger partial charge in [-0.05, 0) is 35.9 Å². The van der Waals surface area contributed by atoms with Crippen molar-refractivity contribution in [1.82, 2.24) is 19.7 Å². The zero-order valence-electron chi connectivity index (χ0n) is 12.0. The second-order valence-corrected chi connectivity index (χ2v) is 5.07. The lowest BCUT2D eigenvalue weighted by Gasteiger charge is -2.08. The Morgan fingerprint density at radius 2 is 1.86 bits per heavy atom. The Hall–Kier alpha value is -2.67. The van der Waals surface area contributed by atoms with Gasteiger partial charge in [0.05, 0.1) is 11.6 Å². The minimum absolute atomic E-state index is 0.111. The smallest absolute Gasteiger partial charge is 0.226 e. The third kappa shape index (κ3) is 2.84. The van der Waals surface area contributed by atoms with E-state index in [0.29, 0.717) is 11.5 Å². The van der Waals surface area contributed by atoms with E-state index in [9.17, 15) is 4.79 Å². The molecule has 0 bridgehead atoms. The summed E-state index contributed by atoms with van der Waals surface area (Å²) in [6, 6.07) is 7.27. The van der Waals surface area contributed by atoms with Crippen molar-refractivity contribution in [1.29, 1.82) is 0 Å². The molecule has 0 aliphatic rings. The van der Waals surface area contributed by atoms with Gasteiger partial charge in [0.1, 0.15) is 5.82 Å². The number of benzene rings is 1. The molecule has 2 N–H and O–H groups in total. The molecule has 3 aromatic rings. The van der Waals surface area contributed by atoms with Crippen molar-refractivity contribution in [2.24, 2.45) is 7.05 Å². The van der Waals surface area contributed by atoms with Crippen molar-refractivity contribution < 1.29 is 4.79 Å². The molecular formula is C14H13ClN6O.